The highest BCUT2D eigenvalue weighted by molar-refractivity contribution is 5.95. The van der Waals surface area contributed by atoms with Crippen molar-refractivity contribution in [3.8, 4) is 0 Å². The quantitative estimate of drug-likeness (QED) is 0.0257. The van der Waals surface area contributed by atoms with Crippen molar-refractivity contribution in [2.75, 3.05) is 0 Å². The van der Waals surface area contributed by atoms with E-state index in [1.165, 1.54) is 12.2 Å². The molecule has 0 unspecified atom stereocenters. The Morgan fingerprint density at radius 3 is 0.916 bits per heavy atom. The SMILES string of the molecule is C.C.CCCCC(F)(F)C(=O)CC[C@H]1C=CC(=O)[C@@H]1CCCCCCC(=O)OC(C)C.CCCCC(F)(F)C(=O)CC[C@H]1C=CC(=O)[C@@H]1CCCCCCC(=O)OC(C)C.CCCCC(F)(F)C(=O)CC[C@H]1CCC(=O)[C@@H]1CCCCCCC(=O)OC(C)C.CCCCC(F)(F)C(=O)CC[C@H]1[C@H](O)CC(=O)[C@@H]1CCCCCCC(=O)OC(C)C. The Morgan fingerprint density at radius 1 is 0.353 bits per heavy atom. The van der Waals surface area contributed by atoms with Crippen LogP contribution in [0.15, 0.2) is 24.3 Å². The predicted molar refractivity (Wildman–Crippen MR) is 450 cm³/mol. The molecule has 0 saturated heterocycles. The fourth-order valence-corrected chi connectivity index (χ4v) is 15.5. The lowest BCUT2D eigenvalue weighted by Gasteiger charge is -2.22. The lowest BCUT2D eigenvalue weighted by atomic mass is 9.85. The standard InChI is InChI=1S/C23H38F2O5.C23H38F2O4.2C23H36F2O4.2CH4/c1-4-5-14-23(24,25)21(28)13-12-18-17(19(26)15-20(18)27)10-8-6-7-9-11-22(29)30-16(2)3;3*1-4-5-16-23(24,25)21(27)15-13-18-12-14-20(26)19(18)10-8-6-7-9-11-22(28)29-17(2)3;;/h16-18,20,27H,4-15H2,1-3H3;17-19H,4-16H2,1-3H3;2*12,14,17-19H,4-11,13,15-16H2,1-3H3;2*1H4/t17-,18-,20-;3*18-,19-;;/m1111../s1. The summed E-state index contributed by atoms with van der Waals surface area (Å²) in [4.78, 5) is 142. The van der Waals surface area contributed by atoms with Crippen molar-refractivity contribution in [2.45, 2.75) is 454 Å². The summed E-state index contributed by atoms with van der Waals surface area (Å²) >= 11 is 0. The molecule has 2 fully saturated rings. The van der Waals surface area contributed by atoms with Gasteiger partial charge in [0.1, 0.15) is 11.6 Å². The van der Waals surface area contributed by atoms with Crippen LogP contribution >= 0.6 is 0 Å². The van der Waals surface area contributed by atoms with Crippen LogP contribution in [0.5, 0.6) is 0 Å². The molecule has 0 heterocycles. The van der Waals surface area contributed by atoms with E-state index in [-0.39, 0.29) is 173 Å². The van der Waals surface area contributed by atoms with Gasteiger partial charge in [-0.25, -0.2) is 0 Å². The van der Waals surface area contributed by atoms with Crippen molar-refractivity contribution in [3.05, 3.63) is 24.3 Å². The van der Waals surface area contributed by atoms with Gasteiger partial charge in [0.05, 0.1) is 30.5 Å². The molecule has 1 N–H and O–H groups in total. The number of aliphatic hydroxyl groups excluding tert-OH is 1. The molecule has 0 aromatic rings. The zero-order valence-corrected chi connectivity index (χ0v) is 73.1. The molecule has 4 aliphatic rings. The van der Waals surface area contributed by atoms with Crippen LogP contribution in [0, 0.1) is 47.3 Å². The van der Waals surface area contributed by atoms with Crippen molar-refractivity contribution in [1.29, 1.82) is 0 Å². The maximum Gasteiger partial charge on any atom is 0.306 e. The van der Waals surface area contributed by atoms with Gasteiger partial charge in [0, 0.05) is 114 Å². The van der Waals surface area contributed by atoms with Gasteiger partial charge in [0.2, 0.25) is 23.1 Å². The first-order valence-electron chi connectivity index (χ1n) is 44.7. The number of halogens is 8. The lowest BCUT2D eigenvalue weighted by Crippen LogP contribution is -2.30. The molecule has 0 radical (unpaired) electrons. The summed E-state index contributed by atoms with van der Waals surface area (Å²) in [5, 5.41) is 10.2. The number of esters is 4. The maximum atomic E-state index is 13.9. The van der Waals surface area contributed by atoms with E-state index in [1.807, 2.05) is 62.3 Å². The van der Waals surface area contributed by atoms with Crippen LogP contribution in [0.3, 0.4) is 0 Å². The number of carbonyl (C=O) groups is 12. The fraction of sp³-hybridized carbons (Fsp3) is 0.830. The van der Waals surface area contributed by atoms with Crippen LogP contribution in [-0.4, -0.2) is 129 Å². The molecule has 17 nitrogen and oxygen atoms in total. The van der Waals surface area contributed by atoms with Crippen molar-refractivity contribution < 1.29 is 117 Å². The number of ketones is 8. The zero-order chi connectivity index (χ0) is 88.3. The number of carbonyl (C=O) groups excluding carboxylic acids is 12. The Bertz CT molecular complexity index is 2870. The first-order valence-corrected chi connectivity index (χ1v) is 44.7. The average Bonchev–Trinajstić information content (AvgIpc) is 1.70. The first-order chi connectivity index (χ1) is 55.1. The number of hydrogen-bond acceptors (Lipinski definition) is 17. The molecule has 4 aliphatic carbocycles. The van der Waals surface area contributed by atoms with E-state index in [0.29, 0.717) is 128 Å². The van der Waals surface area contributed by atoms with Gasteiger partial charge < -0.3 is 24.1 Å². The van der Waals surface area contributed by atoms with E-state index in [2.05, 4.69) is 0 Å². The monoisotopic (exact) mass is 1710 g/mol. The highest BCUT2D eigenvalue weighted by atomic mass is 19.3. The van der Waals surface area contributed by atoms with E-state index in [0.717, 1.165) is 109 Å². The molecule has 0 bridgehead atoms. The molecule has 25 heteroatoms. The Hall–Kier alpha value is -5.88. The average molecular weight is 1710 g/mol. The highest BCUT2D eigenvalue weighted by Gasteiger charge is 2.45. The molecule has 0 amide bonds. The second kappa shape index (κ2) is 63.1. The van der Waals surface area contributed by atoms with Gasteiger partial charge in [-0.1, -0.05) is 157 Å². The Labute approximate surface area is 709 Å². The van der Waals surface area contributed by atoms with Gasteiger partial charge in [0.15, 0.2) is 11.6 Å². The number of unbranched alkanes of at least 4 members (excludes halogenated alkanes) is 16. The smallest absolute Gasteiger partial charge is 0.306 e. The molecule has 2 saturated carbocycles. The van der Waals surface area contributed by atoms with Gasteiger partial charge in [0.25, 0.3) is 0 Å². The minimum atomic E-state index is -3.32. The number of aliphatic hydroxyl groups is 1. The van der Waals surface area contributed by atoms with Crippen LogP contribution < -0.4 is 0 Å². The van der Waals surface area contributed by atoms with Crippen LogP contribution in [0.25, 0.3) is 0 Å². The normalized spacial score (nSPS) is 19.7. The van der Waals surface area contributed by atoms with Gasteiger partial charge in [-0.15, -0.1) is 0 Å². The third-order valence-electron chi connectivity index (χ3n) is 22.3. The lowest BCUT2D eigenvalue weighted by molar-refractivity contribution is -0.148. The molecule has 0 aromatic heterocycles. The van der Waals surface area contributed by atoms with Crippen LogP contribution in [-0.2, 0) is 76.5 Å². The second-order valence-corrected chi connectivity index (χ2v) is 34.0. The molecule has 0 spiro atoms. The molecule has 119 heavy (non-hydrogen) atoms. The minimum Gasteiger partial charge on any atom is -0.463 e. The Morgan fingerprint density at radius 2 is 0.622 bits per heavy atom. The van der Waals surface area contributed by atoms with E-state index in [9.17, 15) is 97.8 Å². The van der Waals surface area contributed by atoms with Gasteiger partial charge in [-0.05, 0) is 200 Å². The van der Waals surface area contributed by atoms with Crippen LogP contribution in [0.4, 0.5) is 35.1 Å². The second-order valence-electron chi connectivity index (χ2n) is 34.0. The highest BCUT2D eigenvalue weighted by Crippen LogP contribution is 2.41. The van der Waals surface area contributed by atoms with Crippen LogP contribution in [0.1, 0.15) is 400 Å². The molecular formula is C94H156F8O17. The van der Waals surface area contributed by atoms with Crippen molar-refractivity contribution in [1.82, 2.24) is 0 Å². The topological polar surface area (TPSA) is 262 Å². The van der Waals surface area contributed by atoms with Crippen LogP contribution in [0.2, 0.25) is 0 Å². The van der Waals surface area contributed by atoms with Gasteiger partial charge >= 0.3 is 47.6 Å². The minimum absolute atomic E-state index is 0. The number of rotatable bonds is 60. The molecule has 4 rings (SSSR count). The number of alkyl halides is 8. The summed E-state index contributed by atoms with van der Waals surface area (Å²) in [6.07, 6.45) is 26.8. The Balaban J connectivity index is 0. The van der Waals surface area contributed by atoms with E-state index < -0.39 is 78.1 Å². The Kier molecular flexibility index (Phi) is 61.1. The third kappa shape index (κ3) is 49.9. The first kappa shape index (κ1) is 115. The zero-order valence-electron chi connectivity index (χ0n) is 73.1. The summed E-state index contributed by atoms with van der Waals surface area (Å²) in [7, 11) is 0. The third-order valence-corrected chi connectivity index (χ3v) is 22.3. The van der Waals surface area contributed by atoms with Crippen molar-refractivity contribution in [2.24, 2.45) is 47.3 Å². The molecule has 0 aliphatic heterocycles. The van der Waals surface area contributed by atoms with E-state index >= 15 is 0 Å². The van der Waals surface area contributed by atoms with Gasteiger partial charge in [-0.2, -0.15) is 35.1 Å². The van der Waals surface area contributed by atoms with Crippen molar-refractivity contribution in [3.63, 3.8) is 0 Å². The number of ether oxygens (including phenoxy) is 4. The van der Waals surface area contributed by atoms with E-state index in [4.69, 9.17) is 18.9 Å². The number of hydrogen-bond donors (Lipinski definition) is 1. The summed E-state index contributed by atoms with van der Waals surface area (Å²) in [5.41, 5.74) is 0. The molecular weight excluding hydrogens is 1550 g/mol. The maximum absolute atomic E-state index is 13.9. The molecule has 0 aromatic carbocycles. The van der Waals surface area contributed by atoms with E-state index in [1.54, 1.807) is 32.9 Å². The summed E-state index contributed by atoms with van der Waals surface area (Å²) < 4.78 is 131. The summed E-state index contributed by atoms with van der Waals surface area (Å²) in [5.74, 6) is -19.2. The predicted octanol–water partition coefficient (Wildman–Crippen LogP) is 24.0. The number of allylic oxidation sites excluding steroid dienone is 4. The molecule has 9 atom stereocenters. The molecule has 690 valence electrons. The largest absolute Gasteiger partial charge is 0.463 e. The van der Waals surface area contributed by atoms with Crippen molar-refractivity contribution >= 4 is 70.1 Å². The fourth-order valence-electron chi connectivity index (χ4n) is 15.5. The summed E-state index contributed by atoms with van der Waals surface area (Å²) in [6, 6.07) is 0. The number of Topliss-reactive ketones (excluding diaryl/α,β-unsaturated/α-hetero) is 6. The summed E-state index contributed by atoms with van der Waals surface area (Å²) in [6.45, 7) is 21.8. The van der Waals surface area contributed by atoms with Gasteiger partial charge in [-0.3, -0.25) is 57.5 Å².